The third kappa shape index (κ3) is 1.90. The van der Waals surface area contributed by atoms with E-state index >= 15 is 0 Å². The van der Waals surface area contributed by atoms with Gasteiger partial charge in [-0.05, 0) is 30.4 Å². The van der Waals surface area contributed by atoms with Crippen molar-refractivity contribution in [1.29, 1.82) is 0 Å². The van der Waals surface area contributed by atoms with Gasteiger partial charge in [-0.3, -0.25) is 9.59 Å². The Morgan fingerprint density at radius 3 is 2.87 bits per heavy atom. The molecule has 1 aliphatic heterocycles. The molecular formula is C11H11NO2S. The third-order valence-electron chi connectivity index (χ3n) is 2.16. The van der Waals surface area contributed by atoms with Gasteiger partial charge in [-0.1, -0.05) is 6.92 Å². The molecule has 0 saturated heterocycles. The van der Waals surface area contributed by atoms with Crippen LogP contribution in [0.1, 0.15) is 23.7 Å². The molecule has 4 heteroatoms. The number of hydrogen-bond acceptors (Lipinski definition) is 3. The molecule has 1 aromatic carbocycles. The zero-order chi connectivity index (χ0) is 10.8. The second-order valence-electron chi connectivity index (χ2n) is 3.34. The average molecular weight is 221 g/mol. The average Bonchev–Trinajstić information content (AvgIpc) is 2.52. The second kappa shape index (κ2) is 4.06. The summed E-state index contributed by atoms with van der Waals surface area (Å²) in [6.45, 7) is 2.12. The predicted molar refractivity (Wildman–Crippen MR) is 60.4 cm³/mol. The second-order valence-corrected chi connectivity index (χ2v) is 4.51. The summed E-state index contributed by atoms with van der Waals surface area (Å²) in [6.07, 6.45) is 1.10. The van der Waals surface area contributed by atoms with E-state index in [4.69, 9.17) is 0 Å². The fourth-order valence-corrected chi connectivity index (χ4v) is 2.24. The molecule has 1 amide bonds. The molecule has 1 N–H and O–H groups in total. The van der Waals surface area contributed by atoms with Crippen LogP contribution < -0.4 is 5.32 Å². The van der Waals surface area contributed by atoms with E-state index in [2.05, 4.69) is 12.2 Å². The Hall–Kier alpha value is -1.29. The van der Waals surface area contributed by atoms with Crippen LogP contribution >= 0.6 is 11.8 Å². The summed E-state index contributed by atoms with van der Waals surface area (Å²) >= 11 is 1.73. The summed E-state index contributed by atoms with van der Waals surface area (Å²) in [4.78, 5) is 23.5. The molecule has 0 bridgehead atoms. The van der Waals surface area contributed by atoms with E-state index in [1.54, 1.807) is 17.8 Å². The van der Waals surface area contributed by atoms with Crippen LogP contribution in [0.2, 0.25) is 0 Å². The van der Waals surface area contributed by atoms with Gasteiger partial charge in [-0.2, -0.15) is 0 Å². The molecule has 0 fully saturated rings. The quantitative estimate of drug-likeness (QED) is 0.629. The first-order valence-corrected chi connectivity index (χ1v) is 5.83. The topological polar surface area (TPSA) is 46.2 Å². The van der Waals surface area contributed by atoms with Crippen molar-refractivity contribution < 1.29 is 9.59 Å². The number of thioether (sulfide) groups is 1. The standard InChI is InChI=1S/C11H11NO2S/c1-2-5-15-7-3-4-8-9(6-7)12-11(14)10(8)13/h3-4,6H,2,5H2,1H3,(H,12,13,14). The number of Topliss-reactive ketones (excluding diaryl/α,β-unsaturated/α-hetero) is 1. The highest BCUT2D eigenvalue weighted by Gasteiger charge is 2.27. The van der Waals surface area contributed by atoms with Gasteiger partial charge in [0.25, 0.3) is 11.7 Å². The predicted octanol–water partition coefficient (Wildman–Crippen LogP) is 2.32. The molecule has 15 heavy (non-hydrogen) atoms. The highest BCUT2D eigenvalue weighted by molar-refractivity contribution is 7.99. The van der Waals surface area contributed by atoms with E-state index in [0.717, 1.165) is 17.1 Å². The number of rotatable bonds is 3. The first-order chi connectivity index (χ1) is 7.22. The van der Waals surface area contributed by atoms with Gasteiger partial charge in [0.15, 0.2) is 0 Å². The Morgan fingerprint density at radius 2 is 2.13 bits per heavy atom. The third-order valence-corrected chi connectivity index (χ3v) is 3.36. The lowest BCUT2D eigenvalue weighted by Gasteiger charge is -2.02. The lowest BCUT2D eigenvalue weighted by Crippen LogP contribution is -2.12. The number of carbonyl (C=O) groups excluding carboxylic acids is 2. The number of nitrogens with one attached hydrogen (secondary N) is 1. The van der Waals surface area contributed by atoms with E-state index in [9.17, 15) is 9.59 Å². The lowest BCUT2D eigenvalue weighted by molar-refractivity contribution is -0.112. The fraction of sp³-hybridized carbons (Fsp3) is 0.273. The molecule has 1 aromatic rings. The van der Waals surface area contributed by atoms with Gasteiger partial charge in [0, 0.05) is 4.90 Å². The Morgan fingerprint density at radius 1 is 1.33 bits per heavy atom. The van der Waals surface area contributed by atoms with Crippen molar-refractivity contribution in [2.75, 3.05) is 11.1 Å². The molecule has 0 aromatic heterocycles. The van der Waals surface area contributed by atoms with Gasteiger partial charge < -0.3 is 5.32 Å². The molecule has 3 nitrogen and oxygen atoms in total. The van der Waals surface area contributed by atoms with Gasteiger partial charge in [-0.15, -0.1) is 11.8 Å². The number of anilines is 1. The number of hydrogen-bond donors (Lipinski definition) is 1. The summed E-state index contributed by atoms with van der Waals surface area (Å²) < 4.78 is 0. The van der Waals surface area contributed by atoms with Crippen molar-refractivity contribution >= 4 is 29.1 Å². The highest BCUT2D eigenvalue weighted by atomic mass is 32.2. The number of ketones is 1. The van der Waals surface area contributed by atoms with Crippen molar-refractivity contribution in [3.63, 3.8) is 0 Å². The minimum Gasteiger partial charge on any atom is -0.318 e. The van der Waals surface area contributed by atoms with E-state index < -0.39 is 11.7 Å². The molecule has 0 spiro atoms. The summed E-state index contributed by atoms with van der Waals surface area (Å²) in [5.74, 6) is 0.0837. The zero-order valence-electron chi connectivity index (χ0n) is 8.37. The SMILES string of the molecule is CCCSc1ccc2c(c1)NC(=O)C2=O. The molecule has 0 radical (unpaired) electrons. The van der Waals surface area contributed by atoms with Crippen molar-refractivity contribution in [1.82, 2.24) is 0 Å². The van der Waals surface area contributed by atoms with E-state index in [0.29, 0.717) is 11.3 Å². The monoisotopic (exact) mass is 221 g/mol. The van der Waals surface area contributed by atoms with Gasteiger partial charge in [0.1, 0.15) is 0 Å². The van der Waals surface area contributed by atoms with Gasteiger partial charge >= 0.3 is 0 Å². The number of amides is 1. The van der Waals surface area contributed by atoms with Gasteiger partial charge in [-0.25, -0.2) is 0 Å². The van der Waals surface area contributed by atoms with Crippen LogP contribution in [0.25, 0.3) is 0 Å². The summed E-state index contributed by atoms with van der Waals surface area (Å²) in [7, 11) is 0. The Kier molecular flexibility index (Phi) is 2.77. The van der Waals surface area contributed by atoms with Crippen molar-refractivity contribution in [3.05, 3.63) is 23.8 Å². The molecular weight excluding hydrogens is 210 g/mol. The Balaban J connectivity index is 2.25. The lowest BCUT2D eigenvalue weighted by atomic mass is 10.1. The first-order valence-electron chi connectivity index (χ1n) is 4.85. The maximum Gasteiger partial charge on any atom is 0.296 e. The molecule has 1 heterocycles. The summed E-state index contributed by atoms with van der Waals surface area (Å²) in [5.41, 5.74) is 1.13. The van der Waals surface area contributed by atoms with E-state index in [1.165, 1.54) is 0 Å². The van der Waals surface area contributed by atoms with Gasteiger partial charge in [0.2, 0.25) is 0 Å². The summed E-state index contributed by atoms with van der Waals surface area (Å²) in [5, 5.41) is 2.56. The normalized spacial score (nSPS) is 13.9. The van der Waals surface area contributed by atoms with Crippen molar-refractivity contribution in [2.45, 2.75) is 18.2 Å². The molecule has 0 saturated carbocycles. The van der Waals surface area contributed by atoms with Crippen LogP contribution in [0.5, 0.6) is 0 Å². The largest absolute Gasteiger partial charge is 0.318 e. The maximum absolute atomic E-state index is 11.3. The minimum atomic E-state index is -0.525. The van der Waals surface area contributed by atoms with Crippen molar-refractivity contribution in [3.8, 4) is 0 Å². The van der Waals surface area contributed by atoms with Crippen LogP contribution in [0.4, 0.5) is 5.69 Å². The number of fused-ring (bicyclic) bond motifs is 1. The molecule has 0 unspecified atom stereocenters. The minimum absolute atomic E-state index is 0.433. The van der Waals surface area contributed by atoms with Gasteiger partial charge in [0.05, 0.1) is 11.3 Å². The maximum atomic E-state index is 11.3. The molecule has 78 valence electrons. The van der Waals surface area contributed by atoms with Crippen molar-refractivity contribution in [2.24, 2.45) is 0 Å². The zero-order valence-corrected chi connectivity index (χ0v) is 9.19. The molecule has 1 aliphatic rings. The van der Waals surface area contributed by atoms with E-state index in [-0.39, 0.29) is 0 Å². The molecule has 2 rings (SSSR count). The fourth-order valence-electron chi connectivity index (χ4n) is 1.44. The van der Waals surface area contributed by atoms with Crippen LogP contribution in [-0.2, 0) is 4.79 Å². The highest BCUT2D eigenvalue weighted by Crippen LogP contribution is 2.29. The molecule has 0 atom stereocenters. The number of benzene rings is 1. The Labute approximate surface area is 92.2 Å². The Bertz CT molecular complexity index is 429. The van der Waals surface area contributed by atoms with Crippen LogP contribution in [0.3, 0.4) is 0 Å². The van der Waals surface area contributed by atoms with Crippen LogP contribution in [-0.4, -0.2) is 17.4 Å². The number of carbonyl (C=O) groups is 2. The van der Waals surface area contributed by atoms with Crippen LogP contribution in [0, 0.1) is 0 Å². The summed E-state index contributed by atoms with van der Waals surface area (Å²) in [6, 6.07) is 5.46. The first kappa shape index (κ1) is 10.2. The van der Waals surface area contributed by atoms with Crippen LogP contribution in [0.15, 0.2) is 23.1 Å². The smallest absolute Gasteiger partial charge is 0.296 e. The van der Waals surface area contributed by atoms with E-state index in [1.807, 2.05) is 12.1 Å². The molecule has 0 aliphatic carbocycles.